The summed E-state index contributed by atoms with van der Waals surface area (Å²) in [5.74, 6) is 1.21. The monoisotopic (exact) mass is 561 g/mol. The highest BCUT2D eigenvalue weighted by molar-refractivity contribution is 5.72. The van der Waals surface area contributed by atoms with Gasteiger partial charge >= 0.3 is 0 Å². The van der Waals surface area contributed by atoms with Gasteiger partial charge in [-0.3, -0.25) is 4.79 Å². The van der Waals surface area contributed by atoms with Crippen LogP contribution in [-0.2, 0) is 16.0 Å². The molecule has 2 aliphatic rings. The van der Waals surface area contributed by atoms with Crippen LogP contribution in [0.5, 0.6) is 11.5 Å². The molecule has 8 heteroatoms. The molecule has 3 aromatic carbocycles. The lowest BCUT2D eigenvalue weighted by atomic mass is 9.88. The largest absolute Gasteiger partial charge is 0.491 e. The highest BCUT2D eigenvalue weighted by Crippen LogP contribution is 2.30. The second kappa shape index (κ2) is 14.3. The number of nitrogens with one attached hydrogen (secondary N) is 2. The fourth-order valence-corrected chi connectivity index (χ4v) is 5.66. The molecule has 0 aliphatic carbocycles. The first-order valence-corrected chi connectivity index (χ1v) is 14.6. The van der Waals surface area contributed by atoms with Gasteiger partial charge in [0.2, 0.25) is 5.91 Å². The summed E-state index contributed by atoms with van der Waals surface area (Å²) in [6.45, 7) is 6.26. The topological polar surface area (TPSA) is 72.1 Å². The van der Waals surface area contributed by atoms with E-state index in [2.05, 4.69) is 64.1 Å². The first-order chi connectivity index (χ1) is 20.0. The Bertz CT molecular complexity index is 1260. The molecule has 218 valence electrons. The first-order valence-electron chi connectivity index (χ1n) is 14.6. The Morgan fingerprint density at radius 2 is 1.88 bits per heavy atom. The minimum absolute atomic E-state index is 0.0140. The second-order valence-corrected chi connectivity index (χ2v) is 10.7. The zero-order chi connectivity index (χ0) is 28.4. The van der Waals surface area contributed by atoms with Crippen molar-refractivity contribution >= 4 is 11.6 Å². The summed E-state index contributed by atoms with van der Waals surface area (Å²) in [4.78, 5) is 13.5. The molecule has 41 heavy (non-hydrogen) atoms. The van der Waals surface area contributed by atoms with Crippen molar-refractivity contribution in [2.24, 2.45) is 0 Å². The van der Waals surface area contributed by atoms with Gasteiger partial charge in [0.15, 0.2) is 0 Å². The van der Waals surface area contributed by atoms with Crippen LogP contribution in [0.25, 0.3) is 0 Å². The van der Waals surface area contributed by atoms with Crippen LogP contribution in [0.3, 0.4) is 0 Å². The van der Waals surface area contributed by atoms with E-state index in [9.17, 15) is 9.18 Å². The molecule has 5 rings (SSSR count). The maximum absolute atomic E-state index is 13.9. The first kappa shape index (κ1) is 28.9. The molecule has 2 N–H and O–H groups in total. The molecule has 0 spiro atoms. The van der Waals surface area contributed by atoms with Crippen molar-refractivity contribution in [3.63, 3.8) is 0 Å². The Labute approximate surface area is 242 Å². The van der Waals surface area contributed by atoms with Crippen LogP contribution in [0.15, 0.2) is 72.8 Å². The summed E-state index contributed by atoms with van der Waals surface area (Å²) in [6.07, 6.45) is 2.75. The third kappa shape index (κ3) is 8.21. The zero-order valence-electron chi connectivity index (χ0n) is 23.7. The number of hydrogen-bond donors (Lipinski definition) is 2. The molecule has 2 aliphatic heterocycles. The number of hydrogen-bond acceptors (Lipinski definition) is 6. The summed E-state index contributed by atoms with van der Waals surface area (Å²) >= 11 is 0. The van der Waals surface area contributed by atoms with Crippen molar-refractivity contribution in [2.75, 3.05) is 50.8 Å². The number of para-hydroxylation sites is 1. The lowest BCUT2D eigenvalue weighted by Crippen LogP contribution is -2.41. The van der Waals surface area contributed by atoms with Crippen molar-refractivity contribution in [1.29, 1.82) is 0 Å². The fourth-order valence-electron chi connectivity index (χ4n) is 5.66. The fraction of sp³-hybridized carbons (Fsp3) is 0.424. The Morgan fingerprint density at radius 3 is 2.68 bits per heavy atom. The lowest BCUT2D eigenvalue weighted by molar-refractivity contribution is -0.118. The Kier molecular flexibility index (Phi) is 10.1. The molecule has 0 aromatic heterocycles. The van der Waals surface area contributed by atoms with E-state index in [1.54, 1.807) is 6.07 Å². The average molecular weight is 562 g/mol. The normalized spacial score (nSPS) is 20.5. The van der Waals surface area contributed by atoms with Crippen molar-refractivity contribution in [1.82, 2.24) is 10.6 Å². The molecule has 3 aromatic rings. The predicted octanol–water partition coefficient (Wildman–Crippen LogP) is 4.70. The van der Waals surface area contributed by atoms with E-state index < -0.39 is 0 Å². The van der Waals surface area contributed by atoms with Crippen LogP contribution in [-0.4, -0.2) is 64.1 Å². The van der Waals surface area contributed by atoms with Gasteiger partial charge in [-0.15, -0.1) is 0 Å². The molecule has 0 radical (unpaired) electrons. The van der Waals surface area contributed by atoms with E-state index in [1.165, 1.54) is 30.3 Å². The van der Waals surface area contributed by atoms with Gasteiger partial charge in [0.1, 0.15) is 30.0 Å². The van der Waals surface area contributed by atoms with Gasteiger partial charge in [-0.2, -0.15) is 0 Å². The minimum Gasteiger partial charge on any atom is -0.491 e. The van der Waals surface area contributed by atoms with E-state index in [0.717, 1.165) is 50.3 Å². The number of nitrogens with zero attached hydrogens (tertiary/aromatic N) is 1. The van der Waals surface area contributed by atoms with Gasteiger partial charge in [0.25, 0.3) is 0 Å². The van der Waals surface area contributed by atoms with Crippen molar-refractivity contribution in [2.45, 2.75) is 44.3 Å². The van der Waals surface area contributed by atoms with Crippen molar-refractivity contribution in [3.8, 4) is 11.5 Å². The SMILES string of the molecule is CC(=O)NCCc1ccc(F)cc1OCCO[C@H]1CNCC[C@@H]1c1ccc(OC2CCN(c3ccccc3)C2)cc1. The Morgan fingerprint density at radius 1 is 1.05 bits per heavy atom. The third-order valence-electron chi connectivity index (χ3n) is 7.77. The number of amides is 1. The van der Waals surface area contributed by atoms with Gasteiger partial charge in [-0.05, 0) is 60.8 Å². The molecular formula is C33H40FN3O4. The van der Waals surface area contributed by atoms with Crippen LogP contribution < -0.4 is 25.0 Å². The maximum Gasteiger partial charge on any atom is 0.216 e. The summed E-state index contributed by atoms with van der Waals surface area (Å²) in [7, 11) is 0. The number of halogens is 1. The maximum atomic E-state index is 13.9. The predicted molar refractivity (Wildman–Crippen MR) is 158 cm³/mol. The molecule has 7 nitrogen and oxygen atoms in total. The number of carbonyl (C=O) groups is 1. The minimum atomic E-state index is -0.352. The molecule has 2 heterocycles. The molecule has 0 bridgehead atoms. The summed E-state index contributed by atoms with van der Waals surface area (Å²) in [5, 5.41) is 6.21. The van der Waals surface area contributed by atoms with Gasteiger partial charge in [-0.25, -0.2) is 4.39 Å². The number of anilines is 1. The van der Waals surface area contributed by atoms with E-state index in [-0.39, 0.29) is 29.9 Å². The number of piperidine rings is 1. The molecule has 1 unspecified atom stereocenters. The second-order valence-electron chi connectivity index (χ2n) is 10.7. The molecule has 2 saturated heterocycles. The van der Waals surface area contributed by atoms with Crippen LogP contribution in [0.2, 0.25) is 0 Å². The number of ether oxygens (including phenoxy) is 3. The van der Waals surface area contributed by atoms with Gasteiger partial charge in [0.05, 0.1) is 19.3 Å². The number of carbonyl (C=O) groups excluding carboxylic acids is 1. The van der Waals surface area contributed by atoms with Crippen LogP contribution in [0, 0.1) is 5.82 Å². The number of rotatable bonds is 12. The molecule has 0 saturated carbocycles. The van der Waals surface area contributed by atoms with E-state index in [0.29, 0.717) is 31.9 Å². The standard InChI is InChI=1S/C33H40FN3O4/c1-24(38)36-17-13-26-7-10-27(34)21-32(26)39-19-20-40-33-22-35-16-14-31(33)25-8-11-29(12-9-25)41-30-15-18-37(23-30)28-5-3-2-4-6-28/h2-12,21,30-31,33,35H,13-20,22-23H2,1H3,(H,36,38)/t30?,31-,33+/m1/s1. The highest BCUT2D eigenvalue weighted by Gasteiger charge is 2.28. The van der Waals surface area contributed by atoms with Crippen LogP contribution in [0.1, 0.15) is 36.8 Å². The molecule has 2 fully saturated rings. The third-order valence-corrected chi connectivity index (χ3v) is 7.77. The van der Waals surface area contributed by atoms with E-state index in [4.69, 9.17) is 14.2 Å². The molecule has 1 amide bonds. The van der Waals surface area contributed by atoms with Crippen LogP contribution in [0.4, 0.5) is 10.1 Å². The highest BCUT2D eigenvalue weighted by atomic mass is 19.1. The van der Waals surface area contributed by atoms with Crippen molar-refractivity contribution in [3.05, 3.63) is 89.7 Å². The van der Waals surface area contributed by atoms with Gasteiger partial charge in [0, 0.05) is 50.7 Å². The van der Waals surface area contributed by atoms with Crippen LogP contribution >= 0.6 is 0 Å². The summed E-state index contributed by atoms with van der Waals surface area (Å²) in [5.41, 5.74) is 3.34. The quantitative estimate of drug-likeness (QED) is 0.313. The summed E-state index contributed by atoms with van der Waals surface area (Å²) in [6, 6.07) is 23.5. The Hall–Kier alpha value is -3.62. The smallest absolute Gasteiger partial charge is 0.216 e. The zero-order valence-corrected chi connectivity index (χ0v) is 23.7. The van der Waals surface area contributed by atoms with Gasteiger partial charge < -0.3 is 29.7 Å². The van der Waals surface area contributed by atoms with E-state index >= 15 is 0 Å². The summed E-state index contributed by atoms with van der Waals surface area (Å²) < 4.78 is 32.4. The van der Waals surface area contributed by atoms with Gasteiger partial charge in [-0.1, -0.05) is 36.4 Å². The number of benzene rings is 3. The Balaban J connectivity index is 1.11. The van der Waals surface area contributed by atoms with E-state index in [1.807, 2.05) is 6.07 Å². The lowest BCUT2D eigenvalue weighted by Gasteiger charge is -2.32. The average Bonchev–Trinajstić information content (AvgIpc) is 3.46. The molecular weight excluding hydrogens is 521 g/mol. The van der Waals surface area contributed by atoms with Crippen molar-refractivity contribution < 1.29 is 23.4 Å². The molecule has 3 atom stereocenters.